The van der Waals surface area contributed by atoms with E-state index in [0.717, 1.165) is 12.1 Å². The zero-order valence-corrected chi connectivity index (χ0v) is 13.3. The molecular formula is C13H15ClN2O2S2. The molecule has 0 fully saturated rings. The van der Waals surface area contributed by atoms with Crippen LogP contribution in [0, 0.1) is 0 Å². The molecule has 0 radical (unpaired) electrons. The summed E-state index contributed by atoms with van der Waals surface area (Å²) >= 11 is 6.98. The molecule has 1 aromatic carbocycles. The number of rotatable bonds is 6. The molecule has 0 atom stereocenters. The lowest BCUT2D eigenvalue weighted by atomic mass is 10.3. The SMILES string of the molecule is CCNCc1csc(S(=O)(=O)Nc2ccc(Cl)cc2)c1. The van der Waals surface area contributed by atoms with Crippen LogP contribution >= 0.6 is 22.9 Å². The van der Waals surface area contributed by atoms with E-state index in [2.05, 4.69) is 10.0 Å². The molecule has 2 N–H and O–H groups in total. The summed E-state index contributed by atoms with van der Waals surface area (Å²) in [6.45, 7) is 3.52. The minimum absolute atomic E-state index is 0.306. The second-order valence-electron chi connectivity index (χ2n) is 4.17. The van der Waals surface area contributed by atoms with E-state index in [1.807, 2.05) is 12.3 Å². The number of nitrogens with one attached hydrogen (secondary N) is 2. The van der Waals surface area contributed by atoms with Crippen molar-refractivity contribution in [3.63, 3.8) is 0 Å². The normalized spacial score (nSPS) is 11.5. The number of anilines is 1. The molecule has 20 heavy (non-hydrogen) atoms. The van der Waals surface area contributed by atoms with E-state index in [4.69, 9.17) is 11.6 Å². The maximum absolute atomic E-state index is 12.2. The number of halogens is 1. The van der Waals surface area contributed by atoms with Crippen LogP contribution in [-0.4, -0.2) is 15.0 Å². The molecule has 0 bridgehead atoms. The van der Waals surface area contributed by atoms with Gasteiger partial charge in [0.15, 0.2) is 0 Å². The molecule has 0 saturated heterocycles. The second-order valence-corrected chi connectivity index (χ2v) is 7.42. The van der Waals surface area contributed by atoms with Gasteiger partial charge in [0.25, 0.3) is 10.0 Å². The molecule has 4 nitrogen and oxygen atoms in total. The Morgan fingerprint density at radius 2 is 1.95 bits per heavy atom. The molecule has 0 aliphatic carbocycles. The highest BCUT2D eigenvalue weighted by molar-refractivity contribution is 7.94. The smallest absolute Gasteiger partial charge is 0.271 e. The van der Waals surface area contributed by atoms with E-state index in [9.17, 15) is 8.42 Å². The van der Waals surface area contributed by atoms with Gasteiger partial charge in [0.2, 0.25) is 0 Å². The number of sulfonamides is 1. The van der Waals surface area contributed by atoms with Crippen LogP contribution in [0.5, 0.6) is 0 Å². The van der Waals surface area contributed by atoms with Gasteiger partial charge in [-0.1, -0.05) is 18.5 Å². The molecular weight excluding hydrogens is 316 g/mol. The summed E-state index contributed by atoms with van der Waals surface area (Å²) in [5.74, 6) is 0. The van der Waals surface area contributed by atoms with E-state index >= 15 is 0 Å². The number of hydrogen-bond acceptors (Lipinski definition) is 4. The minimum atomic E-state index is -3.53. The summed E-state index contributed by atoms with van der Waals surface area (Å²) in [5.41, 5.74) is 1.46. The summed E-state index contributed by atoms with van der Waals surface area (Å²) in [6.07, 6.45) is 0. The zero-order chi connectivity index (χ0) is 14.6. The molecule has 108 valence electrons. The van der Waals surface area contributed by atoms with Crippen LogP contribution in [0.4, 0.5) is 5.69 Å². The third-order valence-corrected chi connectivity index (χ3v) is 5.69. The van der Waals surface area contributed by atoms with E-state index in [1.165, 1.54) is 11.3 Å². The van der Waals surface area contributed by atoms with Gasteiger partial charge in [-0.15, -0.1) is 11.3 Å². The summed E-state index contributed by atoms with van der Waals surface area (Å²) in [7, 11) is -3.53. The van der Waals surface area contributed by atoms with E-state index in [0.29, 0.717) is 21.5 Å². The van der Waals surface area contributed by atoms with Crippen LogP contribution in [0.1, 0.15) is 12.5 Å². The fraction of sp³-hybridized carbons (Fsp3) is 0.231. The van der Waals surface area contributed by atoms with E-state index in [-0.39, 0.29) is 0 Å². The van der Waals surface area contributed by atoms with Crippen molar-refractivity contribution in [2.45, 2.75) is 17.7 Å². The van der Waals surface area contributed by atoms with Crippen LogP contribution in [0.3, 0.4) is 0 Å². The zero-order valence-electron chi connectivity index (χ0n) is 10.9. The van der Waals surface area contributed by atoms with Gasteiger partial charge in [0, 0.05) is 17.3 Å². The minimum Gasteiger partial charge on any atom is -0.313 e. The predicted octanol–water partition coefficient (Wildman–Crippen LogP) is 3.31. The van der Waals surface area contributed by atoms with Crippen LogP contribution < -0.4 is 10.0 Å². The van der Waals surface area contributed by atoms with Gasteiger partial charge < -0.3 is 5.32 Å². The molecule has 0 saturated carbocycles. The highest BCUT2D eigenvalue weighted by Gasteiger charge is 2.16. The van der Waals surface area contributed by atoms with Gasteiger partial charge in [-0.25, -0.2) is 8.42 Å². The number of benzene rings is 1. The first kappa shape index (κ1) is 15.3. The van der Waals surface area contributed by atoms with Crippen LogP contribution in [0.25, 0.3) is 0 Å². The number of hydrogen-bond donors (Lipinski definition) is 2. The molecule has 1 aromatic heterocycles. The lowest BCUT2D eigenvalue weighted by Gasteiger charge is -2.05. The van der Waals surface area contributed by atoms with E-state index < -0.39 is 10.0 Å². The van der Waals surface area contributed by atoms with Gasteiger partial charge in [0.1, 0.15) is 4.21 Å². The van der Waals surface area contributed by atoms with Gasteiger partial charge in [0.05, 0.1) is 0 Å². The lowest BCUT2D eigenvalue weighted by Crippen LogP contribution is -2.12. The van der Waals surface area contributed by atoms with Crippen molar-refractivity contribution in [3.8, 4) is 0 Å². The average Bonchev–Trinajstić information content (AvgIpc) is 2.88. The van der Waals surface area contributed by atoms with Crippen molar-refractivity contribution in [2.75, 3.05) is 11.3 Å². The largest absolute Gasteiger partial charge is 0.313 e. The Morgan fingerprint density at radius 3 is 2.60 bits per heavy atom. The first-order chi connectivity index (χ1) is 9.51. The fourth-order valence-electron chi connectivity index (χ4n) is 1.58. The van der Waals surface area contributed by atoms with Crippen molar-refractivity contribution < 1.29 is 8.42 Å². The summed E-state index contributed by atoms with van der Waals surface area (Å²) in [4.78, 5) is 0. The third-order valence-electron chi connectivity index (χ3n) is 2.57. The van der Waals surface area contributed by atoms with Crippen molar-refractivity contribution in [1.82, 2.24) is 5.32 Å². The van der Waals surface area contributed by atoms with Crippen LogP contribution in [-0.2, 0) is 16.6 Å². The number of thiophene rings is 1. The van der Waals surface area contributed by atoms with Crippen molar-refractivity contribution >= 4 is 38.6 Å². The Labute approximate surface area is 127 Å². The maximum atomic E-state index is 12.2. The third kappa shape index (κ3) is 3.96. The standard InChI is InChI=1S/C13H15ClN2O2S2/c1-2-15-8-10-7-13(19-9-10)20(17,18)16-12-5-3-11(14)4-6-12/h3-7,9,15-16H,2,8H2,1H3. The Kier molecular flexibility index (Phi) is 5.04. The average molecular weight is 331 g/mol. The van der Waals surface area contributed by atoms with Crippen molar-refractivity contribution in [2.24, 2.45) is 0 Å². The Hall–Kier alpha value is -1.08. The highest BCUT2D eigenvalue weighted by atomic mass is 35.5. The molecule has 1 heterocycles. The monoisotopic (exact) mass is 330 g/mol. The Balaban J connectivity index is 2.13. The fourth-order valence-corrected chi connectivity index (χ4v) is 3.97. The highest BCUT2D eigenvalue weighted by Crippen LogP contribution is 2.23. The maximum Gasteiger partial charge on any atom is 0.271 e. The van der Waals surface area contributed by atoms with Gasteiger partial charge in [-0.2, -0.15) is 0 Å². The molecule has 2 rings (SSSR count). The van der Waals surface area contributed by atoms with Crippen LogP contribution in [0.15, 0.2) is 39.9 Å². The first-order valence-corrected chi connectivity index (χ1v) is 8.82. The molecule has 0 amide bonds. The Morgan fingerprint density at radius 1 is 1.25 bits per heavy atom. The van der Waals surface area contributed by atoms with Crippen molar-refractivity contribution in [1.29, 1.82) is 0 Å². The summed E-state index contributed by atoms with van der Waals surface area (Å²) in [5, 5.41) is 5.58. The predicted molar refractivity (Wildman–Crippen MR) is 84.0 cm³/mol. The van der Waals surface area contributed by atoms with Crippen LogP contribution in [0.2, 0.25) is 5.02 Å². The molecule has 7 heteroatoms. The van der Waals surface area contributed by atoms with Gasteiger partial charge >= 0.3 is 0 Å². The lowest BCUT2D eigenvalue weighted by molar-refractivity contribution is 0.603. The quantitative estimate of drug-likeness (QED) is 0.854. The Bertz CT molecular complexity index is 666. The van der Waals surface area contributed by atoms with Gasteiger partial charge in [-0.05, 0) is 47.8 Å². The molecule has 0 aliphatic heterocycles. The summed E-state index contributed by atoms with van der Waals surface area (Å²) in [6, 6.07) is 8.24. The topological polar surface area (TPSA) is 58.2 Å². The van der Waals surface area contributed by atoms with E-state index in [1.54, 1.807) is 30.3 Å². The molecule has 0 unspecified atom stereocenters. The molecule has 2 aromatic rings. The second kappa shape index (κ2) is 6.58. The van der Waals surface area contributed by atoms with Crippen molar-refractivity contribution in [3.05, 3.63) is 46.3 Å². The first-order valence-electron chi connectivity index (χ1n) is 6.08. The van der Waals surface area contributed by atoms with Gasteiger partial charge in [-0.3, -0.25) is 4.72 Å². The molecule has 0 aliphatic rings. The molecule has 0 spiro atoms. The summed E-state index contributed by atoms with van der Waals surface area (Å²) < 4.78 is 27.3.